The topological polar surface area (TPSA) is 70.2 Å². The molecule has 0 N–H and O–H groups in total. The Balaban J connectivity index is 1.96. The Morgan fingerprint density at radius 3 is 2.68 bits per heavy atom. The SMILES string of the molecule is CCCCCOc1c2cc([N+](=O)[O-])ccc2nn1Cc1ccccc1. The van der Waals surface area contributed by atoms with Gasteiger partial charge in [0.05, 0.1) is 29.0 Å². The maximum atomic E-state index is 11.1. The predicted octanol–water partition coefficient (Wildman–Crippen LogP) is 4.56. The lowest BCUT2D eigenvalue weighted by Gasteiger charge is -2.10. The van der Waals surface area contributed by atoms with E-state index in [0.717, 1.165) is 24.8 Å². The van der Waals surface area contributed by atoms with Crippen molar-refractivity contribution in [2.75, 3.05) is 6.61 Å². The lowest BCUT2D eigenvalue weighted by atomic mass is 10.2. The van der Waals surface area contributed by atoms with Gasteiger partial charge in [0, 0.05) is 12.1 Å². The molecule has 130 valence electrons. The van der Waals surface area contributed by atoms with E-state index in [9.17, 15) is 10.1 Å². The molecule has 0 unspecified atom stereocenters. The van der Waals surface area contributed by atoms with Crippen molar-refractivity contribution in [3.8, 4) is 5.88 Å². The fourth-order valence-corrected chi connectivity index (χ4v) is 2.75. The number of aromatic nitrogens is 2. The van der Waals surface area contributed by atoms with E-state index >= 15 is 0 Å². The maximum absolute atomic E-state index is 11.1. The highest BCUT2D eigenvalue weighted by Gasteiger charge is 2.17. The van der Waals surface area contributed by atoms with Crippen LogP contribution in [-0.4, -0.2) is 21.3 Å². The minimum atomic E-state index is -0.394. The van der Waals surface area contributed by atoms with E-state index in [1.165, 1.54) is 6.07 Å². The first-order valence-electron chi connectivity index (χ1n) is 8.50. The van der Waals surface area contributed by atoms with Crippen LogP contribution in [0.1, 0.15) is 31.7 Å². The highest BCUT2D eigenvalue weighted by atomic mass is 16.6. The molecule has 0 aliphatic carbocycles. The third-order valence-corrected chi connectivity index (χ3v) is 4.05. The van der Waals surface area contributed by atoms with Crippen LogP contribution in [-0.2, 0) is 6.54 Å². The van der Waals surface area contributed by atoms with Gasteiger partial charge in [0.1, 0.15) is 0 Å². The summed E-state index contributed by atoms with van der Waals surface area (Å²) in [5.74, 6) is 0.596. The van der Waals surface area contributed by atoms with Gasteiger partial charge in [-0.1, -0.05) is 50.1 Å². The number of rotatable bonds is 8. The fraction of sp³-hybridized carbons (Fsp3) is 0.316. The molecule has 2 aromatic carbocycles. The van der Waals surface area contributed by atoms with Crippen molar-refractivity contribution in [3.05, 3.63) is 64.2 Å². The number of hydrogen-bond donors (Lipinski definition) is 0. The largest absolute Gasteiger partial charge is 0.477 e. The summed E-state index contributed by atoms with van der Waals surface area (Å²) in [6.45, 7) is 3.27. The smallest absolute Gasteiger partial charge is 0.270 e. The van der Waals surface area contributed by atoms with E-state index in [4.69, 9.17) is 4.74 Å². The summed E-state index contributed by atoms with van der Waals surface area (Å²) < 4.78 is 7.76. The zero-order valence-corrected chi connectivity index (χ0v) is 14.2. The van der Waals surface area contributed by atoms with Gasteiger partial charge in [0.25, 0.3) is 5.69 Å². The molecule has 0 bridgehead atoms. The number of nitro groups is 1. The monoisotopic (exact) mass is 339 g/mol. The van der Waals surface area contributed by atoms with Crippen molar-refractivity contribution in [1.82, 2.24) is 9.78 Å². The summed E-state index contributed by atoms with van der Waals surface area (Å²) in [7, 11) is 0. The summed E-state index contributed by atoms with van der Waals surface area (Å²) in [4.78, 5) is 10.7. The van der Waals surface area contributed by atoms with Gasteiger partial charge in [0.2, 0.25) is 5.88 Å². The number of non-ortho nitro benzene ring substituents is 1. The molecule has 0 fully saturated rings. The molecular weight excluding hydrogens is 318 g/mol. The van der Waals surface area contributed by atoms with E-state index in [0.29, 0.717) is 29.9 Å². The first kappa shape index (κ1) is 17.0. The van der Waals surface area contributed by atoms with Crippen LogP contribution in [0.5, 0.6) is 5.88 Å². The Kier molecular flexibility index (Phi) is 5.28. The minimum Gasteiger partial charge on any atom is -0.477 e. The molecule has 1 heterocycles. The average molecular weight is 339 g/mol. The van der Waals surface area contributed by atoms with Gasteiger partial charge in [0.15, 0.2) is 0 Å². The molecule has 0 amide bonds. The lowest BCUT2D eigenvalue weighted by Crippen LogP contribution is -2.07. The van der Waals surface area contributed by atoms with Crippen LogP contribution < -0.4 is 4.74 Å². The van der Waals surface area contributed by atoms with Crippen molar-refractivity contribution >= 4 is 16.6 Å². The molecule has 0 spiro atoms. The first-order chi connectivity index (χ1) is 12.2. The summed E-state index contributed by atoms with van der Waals surface area (Å²) in [6, 6.07) is 14.7. The minimum absolute atomic E-state index is 0.0465. The number of ether oxygens (including phenoxy) is 1. The molecule has 0 radical (unpaired) electrons. The molecule has 0 aliphatic heterocycles. The summed E-state index contributed by atoms with van der Waals surface area (Å²) in [5, 5.41) is 16.3. The molecule has 0 aliphatic rings. The van der Waals surface area contributed by atoms with E-state index in [-0.39, 0.29) is 5.69 Å². The number of hydrogen-bond acceptors (Lipinski definition) is 4. The normalized spacial score (nSPS) is 10.9. The van der Waals surface area contributed by atoms with Gasteiger partial charge in [-0.2, -0.15) is 5.10 Å². The van der Waals surface area contributed by atoms with Crippen LogP contribution in [0.4, 0.5) is 5.69 Å². The fourth-order valence-electron chi connectivity index (χ4n) is 2.75. The standard InChI is InChI=1S/C19H21N3O3/c1-2-3-7-12-25-19-17-13-16(22(23)24)10-11-18(17)20-21(19)14-15-8-5-4-6-9-15/h4-6,8-11,13H,2-3,7,12,14H2,1H3. The highest BCUT2D eigenvalue weighted by Crippen LogP contribution is 2.30. The van der Waals surface area contributed by atoms with Crippen molar-refractivity contribution < 1.29 is 9.66 Å². The summed E-state index contributed by atoms with van der Waals surface area (Å²) >= 11 is 0. The first-order valence-corrected chi connectivity index (χ1v) is 8.50. The van der Waals surface area contributed by atoms with Gasteiger partial charge in [-0.15, -0.1) is 0 Å². The van der Waals surface area contributed by atoms with Gasteiger partial charge in [-0.25, -0.2) is 4.68 Å². The quantitative estimate of drug-likeness (QED) is 0.343. The second-order valence-corrected chi connectivity index (χ2v) is 5.96. The summed E-state index contributed by atoms with van der Waals surface area (Å²) in [5.41, 5.74) is 1.85. The summed E-state index contributed by atoms with van der Waals surface area (Å²) in [6.07, 6.45) is 3.15. The maximum Gasteiger partial charge on any atom is 0.270 e. The van der Waals surface area contributed by atoms with Crippen molar-refractivity contribution in [3.63, 3.8) is 0 Å². The highest BCUT2D eigenvalue weighted by molar-refractivity contribution is 5.86. The molecule has 25 heavy (non-hydrogen) atoms. The van der Waals surface area contributed by atoms with E-state index in [2.05, 4.69) is 12.0 Å². The molecule has 0 saturated carbocycles. The van der Waals surface area contributed by atoms with E-state index in [1.54, 1.807) is 16.8 Å². The number of unbranched alkanes of at least 4 members (excludes halogenated alkanes) is 2. The van der Waals surface area contributed by atoms with Gasteiger partial charge in [-0.05, 0) is 18.1 Å². The molecule has 0 atom stereocenters. The second-order valence-electron chi connectivity index (χ2n) is 5.96. The molecule has 3 rings (SSSR count). The molecule has 3 aromatic rings. The van der Waals surface area contributed by atoms with E-state index < -0.39 is 4.92 Å². The Morgan fingerprint density at radius 2 is 1.96 bits per heavy atom. The molecule has 6 heteroatoms. The average Bonchev–Trinajstić information content (AvgIpc) is 2.96. The van der Waals surface area contributed by atoms with Crippen LogP contribution in [0.25, 0.3) is 10.9 Å². The molecule has 0 saturated heterocycles. The number of nitro benzene ring substituents is 1. The number of benzene rings is 2. The Bertz CT molecular complexity index is 859. The predicted molar refractivity (Wildman–Crippen MR) is 97.0 cm³/mol. The van der Waals surface area contributed by atoms with Crippen LogP contribution in [0.3, 0.4) is 0 Å². The van der Waals surface area contributed by atoms with Gasteiger partial charge in [-0.3, -0.25) is 10.1 Å². The van der Waals surface area contributed by atoms with Gasteiger partial charge >= 0.3 is 0 Å². The molecular formula is C19H21N3O3. The van der Waals surface area contributed by atoms with Crippen LogP contribution in [0.15, 0.2) is 48.5 Å². The van der Waals surface area contributed by atoms with Crippen LogP contribution >= 0.6 is 0 Å². The Labute approximate surface area is 146 Å². The molecule has 1 aromatic heterocycles. The number of nitrogens with zero attached hydrogens (tertiary/aromatic N) is 3. The van der Waals surface area contributed by atoms with Crippen molar-refractivity contribution in [2.45, 2.75) is 32.7 Å². The number of fused-ring (bicyclic) bond motifs is 1. The van der Waals surface area contributed by atoms with E-state index in [1.807, 2.05) is 30.3 Å². The van der Waals surface area contributed by atoms with Crippen LogP contribution in [0.2, 0.25) is 0 Å². The van der Waals surface area contributed by atoms with Crippen LogP contribution in [0, 0.1) is 10.1 Å². The third-order valence-electron chi connectivity index (χ3n) is 4.05. The van der Waals surface area contributed by atoms with Crippen molar-refractivity contribution in [2.24, 2.45) is 0 Å². The Hall–Kier alpha value is -2.89. The van der Waals surface area contributed by atoms with Crippen molar-refractivity contribution in [1.29, 1.82) is 0 Å². The lowest BCUT2D eigenvalue weighted by molar-refractivity contribution is -0.384. The van der Waals surface area contributed by atoms with Gasteiger partial charge < -0.3 is 4.74 Å². The third kappa shape index (κ3) is 3.96. The zero-order valence-electron chi connectivity index (χ0n) is 14.2. The molecule has 6 nitrogen and oxygen atoms in total. The second kappa shape index (κ2) is 7.79. The Morgan fingerprint density at radius 1 is 1.16 bits per heavy atom. The zero-order chi connectivity index (χ0) is 17.6.